The molecule has 3 heterocycles. The van der Waals surface area contributed by atoms with Gasteiger partial charge in [0.15, 0.2) is 11.2 Å². The summed E-state index contributed by atoms with van der Waals surface area (Å²) in [6, 6.07) is 0. The molecular formula is C17H24N4O3S2. The first-order valence-electron chi connectivity index (χ1n) is 8.89. The number of aliphatic hydroxyl groups excluding tert-OH is 1. The van der Waals surface area contributed by atoms with Gasteiger partial charge in [0, 0.05) is 11.5 Å². The van der Waals surface area contributed by atoms with Crippen molar-refractivity contribution in [1.29, 1.82) is 0 Å². The van der Waals surface area contributed by atoms with Crippen LogP contribution in [-0.2, 0) is 15.1 Å². The standard InChI is InChI=1S/C17H24N4O3S2/c1-3-5-6-7-26-15-13-14(18-10-19-15)21(11-20-13)17(16(23)24-4-2)9-25-8-12(17)22/h10-12,22H,3-9H2,1-2H3. The summed E-state index contributed by atoms with van der Waals surface area (Å²) in [5, 5.41) is 11.4. The molecule has 3 rings (SSSR count). The molecule has 26 heavy (non-hydrogen) atoms. The first kappa shape index (κ1) is 19.4. The normalized spacial score (nSPS) is 22.8. The summed E-state index contributed by atoms with van der Waals surface area (Å²) >= 11 is 3.18. The number of imidazole rings is 1. The number of unbranched alkanes of at least 4 members (excludes halogenated alkanes) is 2. The van der Waals surface area contributed by atoms with Gasteiger partial charge in [0.2, 0.25) is 0 Å². The minimum atomic E-state index is -1.19. The van der Waals surface area contributed by atoms with Gasteiger partial charge in [-0.05, 0) is 19.1 Å². The van der Waals surface area contributed by atoms with Crippen LogP contribution in [-0.4, -0.2) is 60.6 Å². The summed E-state index contributed by atoms with van der Waals surface area (Å²) in [4.78, 5) is 25.9. The van der Waals surface area contributed by atoms with Gasteiger partial charge in [-0.25, -0.2) is 19.7 Å². The Balaban J connectivity index is 1.98. The third-order valence-corrected chi connectivity index (χ3v) is 6.76. The van der Waals surface area contributed by atoms with Gasteiger partial charge in [-0.1, -0.05) is 19.8 Å². The highest BCUT2D eigenvalue weighted by atomic mass is 32.2. The molecule has 9 heteroatoms. The highest BCUT2D eigenvalue weighted by molar-refractivity contribution is 7.99. The number of hydrogen-bond donors (Lipinski definition) is 1. The van der Waals surface area contributed by atoms with Crippen LogP contribution in [0.3, 0.4) is 0 Å². The van der Waals surface area contributed by atoms with Crippen molar-refractivity contribution in [2.75, 3.05) is 23.9 Å². The molecule has 0 saturated carbocycles. The maximum absolute atomic E-state index is 12.8. The fourth-order valence-corrected chi connectivity index (χ4v) is 5.39. The van der Waals surface area contributed by atoms with E-state index in [-0.39, 0.29) is 6.61 Å². The fraction of sp³-hybridized carbons (Fsp3) is 0.647. The molecule has 2 atom stereocenters. The van der Waals surface area contributed by atoms with Crippen molar-refractivity contribution in [2.24, 2.45) is 0 Å². The second-order valence-electron chi connectivity index (χ2n) is 6.20. The van der Waals surface area contributed by atoms with E-state index in [1.54, 1.807) is 29.6 Å². The van der Waals surface area contributed by atoms with Crippen molar-refractivity contribution in [3.8, 4) is 0 Å². The molecule has 1 aliphatic rings. The molecular weight excluding hydrogens is 372 g/mol. The molecule has 0 aromatic carbocycles. The lowest BCUT2D eigenvalue weighted by atomic mass is 9.95. The smallest absolute Gasteiger partial charge is 0.336 e. The molecule has 2 aromatic heterocycles. The number of carbonyl (C=O) groups excluding carboxylic acids is 1. The van der Waals surface area contributed by atoms with Gasteiger partial charge in [0.05, 0.1) is 19.0 Å². The van der Waals surface area contributed by atoms with Crippen molar-refractivity contribution in [3.05, 3.63) is 12.7 Å². The Morgan fingerprint density at radius 2 is 2.27 bits per heavy atom. The Morgan fingerprint density at radius 1 is 1.42 bits per heavy atom. The number of ether oxygens (including phenoxy) is 1. The van der Waals surface area contributed by atoms with Crippen molar-refractivity contribution in [2.45, 2.75) is 49.8 Å². The third-order valence-electron chi connectivity index (χ3n) is 4.49. The van der Waals surface area contributed by atoms with Crippen LogP contribution in [0.5, 0.6) is 0 Å². The maximum Gasteiger partial charge on any atom is 0.336 e. The average molecular weight is 397 g/mol. The van der Waals surface area contributed by atoms with Crippen LogP contribution < -0.4 is 0 Å². The van der Waals surface area contributed by atoms with Crippen LogP contribution in [0.25, 0.3) is 11.2 Å². The molecule has 2 unspecified atom stereocenters. The number of aromatic nitrogens is 4. The summed E-state index contributed by atoms with van der Waals surface area (Å²) in [7, 11) is 0. The third kappa shape index (κ3) is 3.44. The molecule has 0 radical (unpaired) electrons. The van der Waals surface area contributed by atoms with Gasteiger partial charge in [-0.2, -0.15) is 11.8 Å². The predicted molar refractivity (Wildman–Crippen MR) is 104 cm³/mol. The highest BCUT2D eigenvalue weighted by Gasteiger charge is 2.53. The van der Waals surface area contributed by atoms with Gasteiger partial charge in [0.1, 0.15) is 16.9 Å². The molecule has 1 saturated heterocycles. The van der Waals surface area contributed by atoms with E-state index in [0.29, 0.717) is 22.7 Å². The Morgan fingerprint density at radius 3 is 2.96 bits per heavy atom. The second kappa shape index (κ2) is 8.58. The Labute approximate surface area is 161 Å². The van der Waals surface area contributed by atoms with Crippen LogP contribution in [0.15, 0.2) is 17.7 Å². The van der Waals surface area contributed by atoms with Gasteiger partial charge in [-0.3, -0.25) is 4.57 Å². The second-order valence-corrected chi connectivity index (χ2v) is 8.31. The molecule has 1 N–H and O–H groups in total. The molecule has 7 nitrogen and oxygen atoms in total. The number of hydrogen-bond acceptors (Lipinski definition) is 8. The Hall–Kier alpha value is -1.32. The molecule has 1 aliphatic heterocycles. The zero-order chi connectivity index (χ0) is 18.6. The fourth-order valence-electron chi connectivity index (χ4n) is 3.07. The van der Waals surface area contributed by atoms with Gasteiger partial charge >= 0.3 is 5.97 Å². The number of thioether (sulfide) groups is 2. The molecule has 0 spiro atoms. The minimum absolute atomic E-state index is 0.262. The molecule has 142 valence electrons. The first-order valence-corrected chi connectivity index (χ1v) is 11.0. The summed E-state index contributed by atoms with van der Waals surface area (Å²) in [5.41, 5.74) is 0.0443. The van der Waals surface area contributed by atoms with E-state index >= 15 is 0 Å². The monoisotopic (exact) mass is 396 g/mol. The molecule has 0 aliphatic carbocycles. The van der Waals surface area contributed by atoms with E-state index in [0.717, 1.165) is 17.2 Å². The minimum Gasteiger partial charge on any atom is -0.464 e. The topological polar surface area (TPSA) is 90.1 Å². The Kier molecular flexibility index (Phi) is 6.42. The van der Waals surface area contributed by atoms with E-state index in [1.807, 2.05) is 0 Å². The lowest BCUT2D eigenvalue weighted by Gasteiger charge is -2.30. The van der Waals surface area contributed by atoms with Gasteiger partial charge in [0.25, 0.3) is 0 Å². The zero-order valence-corrected chi connectivity index (χ0v) is 16.7. The maximum atomic E-state index is 12.8. The van der Waals surface area contributed by atoms with Crippen molar-refractivity contribution >= 4 is 40.7 Å². The lowest BCUT2D eigenvalue weighted by Crippen LogP contribution is -2.51. The Bertz CT molecular complexity index is 770. The number of aliphatic hydroxyl groups is 1. The van der Waals surface area contributed by atoms with E-state index < -0.39 is 17.6 Å². The number of fused-ring (bicyclic) bond motifs is 1. The quantitative estimate of drug-likeness (QED) is 0.315. The number of carbonyl (C=O) groups is 1. The number of nitrogens with zero attached hydrogens (tertiary/aromatic N) is 4. The van der Waals surface area contributed by atoms with Crippen LogP contribution in [0.1, 0.15) is 33.1 Å². The molecule has 0 amide bonds. The van der Waals surface area contributed by atoms with Crippen molar-refractivity contribution in [3.63, 3.8) is 0 Å². The summed E-state index contributed by atoms with van der Waals surface area (Å²) < 4.78 is 6.97. The number of esters is 1. The summed E-state index contributed by atoms with van der Waals surface area (Å²) in [6.45, 7) is 4.20. The number of rotatable bonds is 8. The van der Waals surface area contributed by atoms with Crippen LogP contribution in [0.4, 0.5) is 0 Å². The van der Waals surface area contributed by atoms with E-state index in [1.165, 1.54) is 30.9 Å². The van der Waals surface area contributed by atoms with Crippen molar-refractivity contribution in [1.82, 2.24) is 19.5 Å². The largest absolute Gasteiger partial charge is 0.464 e. The van der Waals surface area contributed by atoms with E-state index in [4.69, 9.17) is 4.74 Å². The summed E-state index contributed by atoms with van der Waals surface area (Å²) in [6.07, 6.45) is 5.71. The van der Waals surface area contributed by atoms with Crippen LogP contribution in [0, 0.1) is 0 Å². The predicted octanol–water partition coefficient (Wildman–Crippen LogP) is 2.47. The van der Waals surface area contributed by atoms with E-state index in [9.17, 15) is 9.90 Å². The first-order chi connectivity index (χ1) is 12.6. The van der Waals surface area contributed by atoms with Gasteiger partial charge < -0.3 is 9.84 Å². The average Bonchev–Trinajstić information content (AvgIpc) is 3.23. The van der Waals surface area contributed by atoms with Crippen molar-refractivity contribution < 1.29 is 14.6 Å². The summed E-state index contributed by atoms with van der Waals surface area (Å²) in [5.74, 6) is 1.44. The van der Waals surface area contributed by atoms with Crippen LogP contribution >= 0.6 is 23.5 Å². The molecule has 2 aromatic rings. The zero-order valence-electron chi connectivity index (χ0n) is 15.1. The SMILES string of the molecule is CCCCCSc1ncnc2c1ncn2C1(C(=O)OCC)CSCC1O. The highest BCUT2D eigenvalue weighted by Crippen LogP contribution is 2.38. The molecule has 1 fully saturated rings. The van der Waals surface area contributed by atoms with Gasteiger partial charge in [-0.15, -0.1) is 11.8 Å². The van der Waals surface area contributed by atoms with E-state index in [2.05, 4.69) is 21.9 Å². The lowest BCUT2D eigenvalue weighted by molar-refractivity contribution is -0.157. The molecule has 0 bridgehead atoms. The van der Waals surface area contributed by atoms with Crippen LogP contribution in [0.2, 0.25) is 0 Å².